The molecule has 3 nitrogen and oxygen atoms in total. The van der Waals surface area contributed by atoms with Gasteiger partial charge in [-0.3, -0.25) is 0 Å². The minimum absolute atomic E-state index is 0.179. The van der Waals surface area contributed by atoms with Crippen molar-refractivity contribution in [2.45, 2.75) is 31.5 Å². The van der Waals surface area contributed by atoms with Gasteiger partial charge in [0.2, 0.25) is 0 Å². The molecule has 0 spiro atoms. The van der Waals surface area contributed by atoms with E-state index in [2.05, 4.69) is 0 Å². The molecule has 0 fully saturated rings. The number of hydrogen-bond donors (Lipinski definition) is 3. The average molecular weight is 259 g/mol. The second-order valence-electron chi connectivity index (χ2n) is 4.06. The first-order valence-electron chi connectivity index (χ1n) is 5.81. The van der Waals surface area contributed by atoms with Crippen LogP contribution in [0.1, 0.15) is 30.1 Å². The van der Waals surface area contributed by atoms with E-state index in [1.54, 1.807) is 12.1 Å². The maximum absolute atomic E-state index is 9.84. The molecule has 4 heteroatoms. The number of benzene rings is 1. The molecule has 0 amide bonds. The molecule has 0 saturated heterocycles. The second-order valence-corrected chi connectivity index (χ2v) is 4.44. The topological polar surface area (TPSA) is 60.7 Å². The number of alkyl halides is 1. The first kappa shape index (κ1) is 14.5. The fraction of sp³-hybridized carbons (Fsp3) is 0.538. The molecule has 2 atom stereocenters. The number of aliphatic hydroxyl groups is 3. The molecule has 3 N–H and O–H groups in total. The molecule has 1 rings (SSSR count). The van der Waals surface area contributed by atoms with Crippen molar-refractivity contribution >= 4 is 11.6 Å². The van der Waals surface area contributed by atoms with E-state index < -0.39 is 12.2 Å². The molecule has 17 heavy (non-hydrogen) atoms. The summed E-state index contributed by atoms with van der Waals surface area (Å²) >= 11 is 5.52. The van der Waals surface area contributed by atoms with E-state index in [1.807, 2.05) is 12.1 Å². The Labute approximate surface area is 107 Å². The largest absolute Gasteiger partial charge is 0.396 e. The van der Waals surface area contributed by atoms with Crippen LogP contribution in [0.2, 0.25) is 0 Å². The Balaban J connectivity index is 2.60. The normalized spacial score (nSPS) is 14.6. The zero-order valence-corrected chi connectivity index (χ0v) is 10.5. The summed E-state index contributed by atoms with van der Waals surface area (Å²) in [6, 6.07) is 7.41. The molecule has 0 aliphatic rings. The van der Waals surface area contributed by atoms with Crippen molar-refractivity contribution in [1.82, 2.24) is 0 Å². The first-order chi connectivity index (χ1) is 8.19. The third-order valence-electron chi connectivity index (χ3n) is 2.71. The van der Waals surface area contributed by atoms with E-state index in [4.69, 9.17) is 16.7 Å². The summed E-state index contributed by atoms with van der Waals surface area (Å²) in [6.07, 6.45) is 0.208. The molecule has 1 aromatic carbocycles. The highest BCUT2D eigenvalue weighted by atomic mass is 35.5. The van der Waals surface area contributed by atoms with Crippen molar-refractivity contribution in [3.05, 3.63) is 35.4 Å². The summed E-state index contributed by atoms with van der Waals surface area (Å²) in [5.74, 6) is 0.326. The summed E-state index contributed by atoms with van der Waals surface area (Å²) in [6.45, 7) is 0.179. The number of hydrogen-bond acceptors (Lipinski definition) is 3. The van der Waals surface area contributed by atoms with Gasteiger partial charge in [0.05, 0.1) is 6.10 Å². The Kier molecular flexibility index (Phi) is 6.52. The van der Waals surface area contributed by atoms with Gasteiger partial charge in [0, 0.05) is 12.5 Å². The van der Waals surface area contributed by atoms with Gasteiger partial charge < -0.3 is 15.3 Å². The standard InChI is InChI=1S/C13H19ClO3/c14-8-7-12(16)13(17)11-5-3-10(4-6-11)2-1-9-15/h3-6,12-13,15-17H,1-2,7-9H2. The van der Waals surface area contributed by atoms with Gasteiger partial charge >= 0.3 is 0 Å². The maximum Gasteiger partial charge on any atom is 0.105 e. The van der Waals surface area contributed by atoms with Crippen molar-refractivity contribution in [3.8, 4) is 0 Å². The van der Waals surface area contributed by atoms with Crippen molar-refractivity contribution < 1.29 is 15.3 Å². The predicted octanol–water partition coefficient (Wildman–Crippen LogP) is 1.63. The summed E-state index contributed by atoms with van der Waals surface area (Å²) < 4.78 is 0. The van der Waals surface area contributed by atoms with Gasteiger partial charge in [-0.1, -0.05) is 24.3 Å². The van der Waals surface area contributed by atoms with E-state index in [-0.39, 0.29) is 6.61 Å². The van der Waals surface area contributed by atoms with Crippen LogP contribution in [0.25, 0.3) is 0 Å². The molecule has 0 heterocycles. The lowest BCUT2D eigenvalue weighted by Crippen LogP contribution is -2.18. The highest BCUT2D eigenvalue weighted by Gasteiger charge is 2.17. The molecule has 0 aromatic heterocycles. The van der Waals surface area contributed by atoms with Crippen molar-refractivity contribution in [1.29, 1.82) is 0 Å². The molecule has 0 bridgehead atoms. The van der Waals surface area contributed by atoms with Gasteiger partial charge in [-0.2, -0.15) is 0 Å². The zero-order chi connectivity index (χ0) is 12.7. The molecule has 0 radical (unpaired) electrons. The Morgan fingerprint density at radius 3 is 2.29 bits per heavy atom. The van der Waals surface area contributed by atoms with Crippen LogP contribution in [-0.4, -0.2) is 33.9 Å². The Hall–Kier alpha value is -0.610. The highest BCUT2D eigenvalue weighted by Crippen LogP contribution is 2.20. The fourth-order valence-electron chi connectivity index (χ4n) is 1.66. The van der Waals surface area contributed by atoms with Gasteiger partial charge in [0.1, 0.15) is 6.10 Å². The van der Waals surface area contributed by atoms with E-state index in [9.17, 15) is 10.2 Å². The monoisotopic (exact) mass is 258 g/mol. The lowest BCUT2D eigenvalue weighted by atomic mass is 10.00. The average Bonchev–Trinajstić information content (AvgIpc) is 2.36. The highest BCUT2D eigenvalue weighted by molar-refractivity contribution is 6.17. The van der Waals surface area contributed by atoms with Crippen LogP contribution in [-0.2, 0) is 6.42 Å². The van der Waals surface area contributed by atoms with Crippen molar-refractivity contribution in [2.24, 2.45) is 0 Å². The van der Waals surface area contributed by atoms with E-state index in [0.717, 1.165) is 18.4 Å². The lowest BCUT2D eigenvalue weighted by molar-refractivity contribution is 0.0170. The Bertz CT molecular complexity index is 313. The van der Waals surface area contributed by atoms with Gasteiger partial charge in [-0.25, -0.2) is 0 Å². The number of aliphatic hydroxyl groups excluding tert-OH is 3. The molecule has 2 unspecified atom stereocenters. The van der Waals surface area contributed by atoms with Crippen LogP contribution in [0.5, 0.6) is 0 Å². The van der Waals surface area contributed by atoms with Crippen molar-refractivity contribution in [2.75, 3.05) is 12.5 Å². The van der Waals surface area contributed by atoms with Gasteiger partial charge in [-0.15, -0.1) is 11.6 Å². The molecule has 1 aromatic rings. The number of rotatable bonds is 7. The summed E-state index contributed by atoms with van der Waals surface area (Å²) in [4.78, 5) is 0. The number of halogens is 1. The molecular weight excluding hydrogens is 240 g/mol. The summed E-state index contributed by atoms with van der Waals surface area (Å²) in [7, 11) is 0. The minimum atomic E-state index is -0.888. The Morgan fingerprint density at radius 1 is 1.12 bits per heavy atom. The SMILES string of the molecule is OCCCc1ccc(C(O)C(O)CCCl)cc1. The molecule has 96 valence electrons. The molecule has 0 aliphatic carbocycles. The van der Waals surface area contributed by atoms with Gasteiger partial charge in [-0.05, 0) is 30.4 Å². The van der Waals surface area contributed by atoms with Crippen LogP contribution in [0.4, 0.5) is 0 Å². The van der Waals surface area contributed by atoms with Gasteiger partial charge in [0.25, 0.3) is 0 Å². The van der Waals surface area contributed by atoms with Crippen LogP contribution >= 0.6 is 11.6 Å². The molecule has 0 aliphatic heterocycles. The lowest BCUT2D eigenvalue weighted by Gasteiger charge is -2.17. The molecular formula is C13H19ClO3. The smallest absolute Gasteiger partial charge is 0.105 e. The van der Waals surface area contributed by atoms with Gasteiger partial charge in [0.15, 0.2) is 0 Å². The molecule has 0 saturated carbocycles. The van der Waals surface area contributed by atoms with Crippen LogP contribution in [0.15, 0.2) is 24.3 Å². The number of aryl methyl sites for hydroxylation is 1. The second kappa shape index (κ2) is 7.67. The fourth-order valence-corrected chi connectivity index (χ4v) is 1.88. The van der Waals surface area contributed by atoms with E-state index in [0.29, 0.717) is 17.9 Å². The third-order valence-corrected chi connectivity index (χ3v) is 2.93. The van der Waals surface area contributed by atoms with Crippen LogP contribution in [0.3, 0.4) is 0 Å². The quantitative estimate of drug-likeness (QED) is 0.652. The van der Waals surface area contributed by atoms with Crippen LogP contribution < -0.4 is 0 Å². The maximum atomic E-state index is 9.84. The predicted molar refractivity (Wildman–Crippen MR) is 68.2 cm³/mol. The first-order valence-corrected chi connectivity index (χ1v) is 6.34. The minimum Gasteiger partial charge on any atom is -0.396 e. The third kappa shape index (κ3) is 4.64. The Morgan fingerprint density at radius 2 is 1.76 bits per heavy atom. The summed E-state index contributed by atoms with van der Waals surface area (Å²) in [5.41, 5.74) is 1.80. The zero-order valence-electron chi connectivity index (χ0n) is 9.72. The van der Waals surface area contributed by atoms with Crippen LogP contribution in [0, 0.1) is 0 Å². The van der Waals surface area contributed by atoms with Crippen molar-refractivity contribution in [3.63, 3.8) is 0 Å². The van der Waals surface area contributed by atoms with E-state index in [1.165, 1.54) is 0 Å². The summed E-state index contributed by atoms with van der Waals surface area (Å²) in [5, 5.41) is 28.2. The van der Waals surface area contributed by atoms with E-state index >= 15 is 0 Å².